The number of methoxy groups -OCH3 is 1. The summed E-state index contributed by atoms with van der Waals surface area (Å²) in [5, 5.41) is 13.3. The molecular weight excluding hydrogens is 713 g/mol. The normalized spacial score (nSPS) is 20.6. The van der Waals surface area contributed by atoms with Crippen LogP contribution in [0.2, 0.25) is 0 Å². The molecule has 1 heterocycles. The Labute approximate surface area is 336 Å². The van der Waals surface area contributed by atoms with Gasteiger partial charge in [-0.05, 0) is 63.6 Å². The van der Waals surface area contributed by atoms with Crippen LogP contribution in [0.5, 0.6) is 5.75 Å². The minimum absolute atomic E-state index is 0.125. The average Bonchev–Trinajstić information content (AvgIpc) is 3.26. The predicted molar refractivity (Wildman–Crippen MR) is 222 cm³/mol. The van der Waals surface area contributed by atoms with Gasteiger partial charge in [-0.2, -0.15) is 0 Å². The van der Waals surface area contributed by atoms with Crippen LogP contribution < -0.4 is 4.74 Å². The molecule has 1 aliphatic heterocycles. The smallest absolute Gasteiger partial charge is 0.222 e. The van der Waals surface area contributed by atoms with E-state index in [1.807, 2.05) is 140 Å². The third-order valence-electron chi connectivity index (χ3n) is 10.5. The van der Waals surface area contributed by atoms with Crippen LogP contribution in [0.3, 0.4) is 0 Å². The highest BCUT2D eigenvalue weighted by molar-refractivity contribution is 5.43. The average molecular weight is 765 g/mol. The summed E-state index contributed by atoms with van der Waals surface area (Å²) in [6.07, 6.45) is -1.72. The highest BCUT2D eigenvalue weighted by Crippen LogP contribution is 2.43. The Hall–Kier alpha value is -5.12. The first-order valence-electron chi connectivity index (χ1n) is 19.8. The molecular formula is C50H52O7. The topological polar surface area (TPSA) is 75.6 Å². The molecule has 1 aliphatic rings. The maximum absolute atomic E-state index is 13.3. The van der Waals surface area contributed by atoms with Crippen molar-refractivity contribution < 1.29 is 33.5 Å². The first kappa shape index (κ1) is 40.1. The third-order valence-corrected chi connectivity index (χ3v) is 10.5. The number of hydrogen-bond acceptors (Lipinski definition) is 7. The van der Waals surface area contributed by atoms with Gasteiger partial charge < -0.3 is 33.5 Å². The fourth-order valence-electron chi connectivity index (χ4n) is 7.34. The zero-order valence-electron chi connectivity index (χ0n) is 32.7. The van der Waals surface area contributed by atoms with Gasteiger partial charge in [0.1, 0.15) is 30.2 Å². The van der Waals surface area contributed by atoms with E-state index in [0.29, 0.717) is 30.9 Å². The van der Waals surface area contributed by atoms with E-state index in [1.165, 1.54) is 5.56 Å². The van der Waals surface area contributed by atoms with E-state index in [0.717, 1.165) is 39.8 Å². The number of aliphatic hydroxyl groups is 1. The van der Waals surface area contributed by atoms with E-state index in [9.17, 15) is 5.11 Å². The van der Waals surface area contributed by atoms with Crippen molar-refractivity contribution in [1.82, 2.24) is 0 Å². The molecule has 0 aromatic heterocycles. The van der Waals surface area contributed by atoms with Crippen LogP contribution >= 0.6 is 0 Å². The molecule has 7 heteroatoms. The number of ether oxygens (including phenoxy) is 6. The summed E-state index contributed by atoms with van der Waals surface area (Å²) in [6, 6.07) is 54.2. The summed E-state index contributed by atoms with van der Waals surface area (Å²) in [7, 11) is 1.67. The van der Waals surface area contributed by atoms with Crippen molar-refractivity contribution in [2.24, 2.45) is 0 Å². The van der Waals surface area contributed by atoms with Gasteiger partial charge in [0.2, 0.25) is 5.79 Å². The fourth-order valence-corrected chi connectivity index (χ4v) is 7.34. The molecule has 0 aliphatic carbocycles. The van der Waals surface area contributed by atoms with Crippen molar-refractivity contribution >= 4 is 0 Å². The number of rotatable bonds is 18. The van der Waals surface area contributed by atoms with Crippen LogP contribution in [-0.2, 0) is 68.7 Å². The lowest BCUT2D eigenvalue weighted by atomic mass is 9.86. The molecule has 6 aromatic rings. The maximum atomic E-state index is 13.3. The molecule has 0 amide bonds. The Bertz CT molecular complexity index is 2080. The van der Waals surface area contributed by atoms with E-state index in [1.54, 1.807) is 7.11 Å². The third kappa shape index (κ3) is 10.4. The molecule has 7 nitrogen and oxygen atoms in total. The van der Waals surface area contributed by atoms with Gasteiger partial charge >= 0.3 is 0 Å². The summed E-state index contributed by atoms with van der Waals surface area (Å²) in [6.45, 7) is 3.39. The molecule has 0 saturated carbocycles. The van der Waals surface area contributed by atoms with Crippen LogP contribution in [0.15, 0.2) is 164 Å². The van der Waals surface area contributed by atoms with Crippen molar-refractivity contribution in [3.63, 3.8) is 0 Å². The number of benzene rings is 6. The molecule has 57 heavy (non-hydrogen) atoms. The van der Waals surface area contributed by atoms with Crippen molar-refractivity contribution in [3.05, 3.63) is 208 Å². The lowest BCUT2D eigenvalue weighted by Crippen LogP contribution is -2.65. The molecule has 1 unspecified atom stereocenters. The van der Waals surface area contributed by atoms with E-state index in [2.05, 4.69) is 31.2 Å². The molecule has 5 atom stereocenters. The molecule has 1 N–H and O–H groups in total. The Morgan fingerprint density at radius 1 is 0.544 bits per heavy atom. The van der Waals surface area contributed by atoms with E-state index in [-0.39, 0.29) is 19.8 Å². The summed E-state index contributed by atoms with van der Waals surface area (Å²) >= 11 is 0. The standard InChI is InChI=1S/C50H52O7/c1-3-37-24-26-38(27-25-37)30-43-31-44(28-29-45(43)52-2)50(51)49(56-35-42-22-14-7-15-23-42)48(55-34-41-20-12-6-13-21-41)47(54-33-40-18-10-5-11-19-40)46(57-50)36-53-32-39-16-8-4-9-17-39/h4-29,31,46-49,51H,3,30,32-36H2,1-2H3/t46-,47-,48+,49-,50?/m1/s1. The summed E-state index contributed by atoms with van der Waals surface area (Å²) < 4.78 is 39.7. The number of hydrogen-bond donors (Lipinski definition) is 1. The summed E-state index contributed by atoms with van der Waals surface area (Å²) in [5.74, 6) is -1.28. The minimum atomic E-state index is -1.99. The molecule has 0 spiro atoms. The molecule has 294 valence electrons. The van der Waals surface area contributed by atoms with Crippen LogP contribution in [-0.4, -0.2) is 43.2 Å². The largest absolute Gasteiger partial charge is 0.496 e. The Kier molecular flexibility index (Phi) is 14.0. The van der Waals surface area contributed by atoms with Crippen molar-refractivity contribution in [2.75, 3.05) is 13.7 Å². The monoisotopic (exact) mass is 764 g/mol. The van der Waals surface area contributed by atoms with Gasteiger partial charge in [0.25, 0.3) is 0 Å². The Balaban J connectivity index is 1.30. The van der Waals surface area contributed by atoms with Crippen LogP contribution in [0, 0.1) is 0 Å². The first-order chi connectivity index (χ1) is 28.0. The van der Waals surface area contributed by atoms with Crippen LogP contribution in [0.4, 0.5) is 0 Å². The SMILES string of the molecule is CCc1ccc(Cc2cc(C3(O)O[C@H](COCc4ccccc4)[C@@H](OCc4ccccc4)[C@H](OCc4ccccc4)[C@H]3OCc3ccccc3)ccc2OC)cc1. The van der Waals surface area contributed by atoms with Crippen LogP contribution in [0.1, 0.15) is 51.4 Å². The van der Waals surface area contributed by atoms with E-state index < -0.39 is 30.2 Å². The van der Waals surface area contributed by atoms with Crippen LogP contribution in [0.25, 0.3) is 0 Å². The highest BCUT2D eigenvalue weighted by atomic mass is 16.7. The summed E-state index contributed by atoms with van der Waals surface area (Å²) in [5.41, 5.74) is 7.77. The van der Waals surface area contributed by atoms with Gasteiger partial charge in [0.15, 0.2) is 0 Å². The molecule has 1 fully saturated rings. The van der Waals surface area contributed by atoms with Gasteiger partial charge in [-0.3, -0.25) is 0 Å². The highest BCUT2D eigenvalue weighted by Gasteiger charge is 2.57. The second kappa shape index (κ2) is 19.8. The van der Waals surface area contributed by atoms with Crippen molar-refractivity contribution in [3.8, 4) is 5.75 Å². The van der Waals surface area contributed by atoms with E-state index in [4.69, 9.17) is 28.4 Å². The predicted octanol–water partition coefficient (Wildman–Crippen LogP) is 9.37. The van der Waals surface area contributed by atoms with Gasteiger partial charge in [0, 0.05) is 12.0 Å². The zero-order valence-corrected chi connectivity index (χ0v) is 32.7. The maximum Gasteiger partial charge on any atom is 0.222 e. The fraction of sp³-hybridized carbons (Fsp3) is 0.280. The van der Waals surface area contributed by atoms with Gasteiger partial charge in [0.05, 0.1) is 40.1 Å². The lowest BCUT2D eigenvalue weighted by molar-refractivity contribution is -0.378. The second-order valence-electron chi connectivity index (χ2n) is 14.5. The Morgan fingerprint density at radius 3 is 1.56 bits per heavy atom. The number of aryl methyl sites for hydroxylation is 1. The minimum Gasteiger partial charge on any atom is -0.496 e. The second-order valence-corrected chi connectivity index (χ2v) is 14.5. The quantitative estimate of drug-likeness (QED) is 0.0935. The Morgan fingerprint density at radius 2 is 1.04 bits per heavy atom. The van der Waals surface area contributed by atoms with Gasteiger partial charge in [-0.1, -0.05) is 153 Å². The van der Waals surface area contributed by atoms with Gasteiger partial charge in [-0.25, -0.2) is 0 Å². The zero-order chi connectivity index (χ0) is 39.3. The summed E-state index contributed by atoms with van der Waals surface area (Å²) in [4.78, 5) is 0. The van der Waals surface area contributed by atoms with Crippen molar-refractivity contribution in [1.29, 1.82) is 0 Å². The molecule has 0 bridgehead atoms. The van der Waals surface area contributed by atoms with E-state index >= 15 is 0 Å². The van der Waals surface area contributed by atoms with Gasteiger partial charge in [-0.15, -0.1) is 0 Å². The lowest BCUT2D eigenvalue weighted by Gasteiger charge is -2.50. The first-order valence-corrected chi connectivity index (χ1v) is 19.8. The molecule has 7 rings (SSSR count). The molecule has 0 radical (unpaired) electrons. The van der Waals surface area contributed by atoms with Crippen molar-refractivity contribution in [2.45, 2.75) is 76.4 Å². The molecule has 1 saturated heterocycles. The molecule has 6 aromatic carbocycles.